The molecule has 0 unspecified atom stereocenters. The van der Waals surface area contributed by atoms with Crippen LogP contribution in [-0.2, 0) is 329 Å². The minimum atomic E-state index is -2.03. The first-order chi connectivity index (χ1) is 2.41. The summed E-state index contributed by atoms with van der Waals surface area (Å²) in [6.07, 6.45) is 0. The van der Waals surface area contributed by atoms with Crippen LogP contribution in [0.1, 0.15) is 0 Å². The fourth-order valence-corrected chi connectivity index (χ4v) is 0. The normalized spacial score (nSPS) is 0.895. The Balaban J connectivity index is -0.000000000394. The molecule has 0 bridgehead atoms. The van der Waals surface area contributed by atoms with Crippen LogP contribution in [-0.4, -0.2) is 0 Å². The first kappa shape index (κ1) is 125. The Kier molecular flexibility index (Phi) is 994. The van der Waals surface area contributed by atoms with Crippen LogP contribution in [0.15, 0.2) is 0 Å². The van der Waals surface area contributed by atoms with Gasteiger partial charge < -0.3 is 0 Å². The summed E-state index contributed by atoms with van der Waals surface area (Å²) in [4.78, 5) is 0. The van der Waals surface area contributed by atoms with Crippen molar-refractivity contribution in [1.82, 2.24) is 0 Å². The van der Waals surface area contributed by atoms with E-state index < -0.39 is 18.9 Å². The van der Waals surface area contributed by atoms with Crippen molar-refractivity contribution in [3.63, 3.8) is 0 Å². The van der Waals surface area contributed by atoms with Gasteiger partial charge in [-0.15, -0.1) is 0 Å². The summed E-state index contributed by atoms with van der Waals surface area (Å²) in [6, 6.07) is 0. The molecule has 19 heavy (non-hydrogen) atoms. The Labute approximate surface area is 351 Å². The van der Waals surface area contributed by atoms with Gasteiger partial charge in [0, 0.05) is 274 Å². The third-order valence-corrected chi connectivity index (χ3v) is 0. The second kappa shape index (κ2) is 151. The summed E-state index contributed by atoms with van der Waals surface area (Å²) in [6.45, 7) is 0. The average molecular weight is 1590 g/mol. The number of hydrogen-bond donors (Lipinski definition) is 0. The van der Waals surface area contributed by atoms with Gasteiger partial charge in [-0.05, 0) is 0 Å². The zero-order valence-corrected chi connectivity index (χ0v) is 42.5. The van der Waals surface area contributed by atoms with Crippen molar-refractivity contribution in [2.24, 2.45) is 0 Å². The molecule has 19 heteroatoms. The second-order valence-corrected chi connectivity index (χ2v) is 0.403. The molecule has 0 spiro atoms. The molecule has 0 aliphatic rings. The van der Waals surface area contributed by atoms with E-state index >= 15 is 0 Å². The topological polar surface area (TPSA) is 40.1 Å². The van der Waals surface area contributed by atoms with Crippen LogP contribution in [0.4, 0.5) is 0 Å². The van der Waals surface area contributed by atoms with Crippen LogP contribution >= 0.6 is 0 Å². The number of rotatable bonds is 0. The predicted octanol–water partition coefficient (Wildman–Crippen LogP) is -4.34. The molecule has 0 aromatic rings. The minimum absolute atomic E-state index is 0. The van der Waals surface area contributed by atoms with Gasteiger partial charge >= 0.3 is 88.1 Å². The van der Waals surface area contributed by atoms with Gasteiger partial charge in [-0.3, -0.25) is 0 Å². The molecule has 0 atom stereocenters. The second-order valence-electron chi connectivity index (χ2n) is 0.0680. The SMILES string of the molecule is [Mo].[Mo].[Mo].[Mo].[Mo].[Mo].[Mo].[Mo].[Mo].[Mo].[Mo].[Mo].[Mo].[Mo]=[Mo].[Na+].[O]=[Mo][O-]. The van der Waals surface area contributed by atoms with Crippen LogP contribution in [0.2, 0.25) is 0 Å². The van der Waals surface area contributed by atoms with Crippen LogP contribution in [0.25, 0.3) is 0 Å². The van der Waals surface area contributed by atoms with Crippen molar-refractivity contribution in [3.05, 3.63) is 0 Å². The first-order valence-corrected chi connectivity index (χ1v) is 7.81. The van der Waals surface area contributed by atoms with E-state index in [1.165, 1.54) is 0 Å². The van der Waals surface area contributed by atoms with Gasteiger partial charge in [0.1, 0.15) is 0 Å². The summed E-state index contributed by atoms with van der Waals surface area (Å²) in [7, 11) is 0. The first-order valence-electron chi connectivity index (χ1n) is 0.500. The monoisotopic (exact) mass is 1620 g/mol. The van der Waals surface area contributed by atoms with Gasteiger partial charge in [-0.2, -0.15) is 0 Å². The Hall–Kier alpha value is 11.8. The molecule has 0 rings (SSSR count). The van der Waals surface area contributed by atoms with E-state index in [9.17, 15) is 0 Å². The van der Waals surface area contributed by atoms with Gasteiger partial charge in [-0.1, -0.05) is 0 Å². The maximum atomic E-state index is 8.50. The molecule has 109 valence electrons. The molecule has 0 aliphatic carbocycles. The zero-order valence-electron chi connectivity index (χ0n) is 8.35. The van der Waals surface area contributed by atoms with Gasteiger partial charge in [0.2, 0.25) is 0 Å². The van der Waals surface area contributed by atoms with E-state index in [0.717, 1.165) is 0 Å². The predicted molar refractivity (Wildman–Crippen MR) is 0.686 cm³/mol. The summed E-state index contributed by atoms with van der Waals surface area (Å²) < 4.78 is 17.0. The van der Waals surface area contributed by atoms with Crippen LogP contribution < -0.4 is 33.3 Å². The van der Waals surface area contributed by atoms with Crippen molar-refractivity contribution in [2.45, 2.75) is 0 Å². The molecule has 0 saturated carbocycles. The summed E-state index contributed by atoms with van der Waals surface area (Å²) >= 11 is 1.89. The van der Waals surface area contributed by atoms with Crippen molar-refractivity contribution < 1.29 is 362 Å². The molecule has 0 aliphatic heterocycles. The molecule has 0 radical (unpaired) electrons. The van der Waals surface area contributed by atoms with Gasteiger partial charge in [0.25, 0.3) is 0 Å². The molecule has 0 aromatic heterocycles. The third kappa shape index (κ3) is 166. The quantitative estimate of drug-likeness (QED) is 0.231. The molecule has 0 fully saturated rings. The Morgan fingerprint density at radius 3 is 0.526 bits per heavy atom. The van der Waals surface area contributed by atoms with Crippen molar-refractivity contribution in [3.8, 4) is 0 Å². The molecule has 2 nitrogen and oxygen atoms in total. The van der Waals surface area contributed by atoms with E-state index in [2.05, 4.69) is 0 Å². The standard InChI is InChI=1S/16Mo.Na.2O/q;;;;;;;;;;;;;;;;+1;;-1. The van der Waals surface area contributed by atoms with Crippen LogP contribution in [0, 0.1) is 0 Å². The average Bonchev–Trinajstić information content (AvgIpc) is 1.46. The van der Waals surface area contributed by atoms with E-state index in [1.807, 2.05) is 32.4 Å². The summed E-state index contributed by atoms with van der Waals surface area (Å²) in [5.41, 5.74) is 0. The fourth-order valence-electron chi connectivity index (χ4n) is 0. The molecular weight excluding hydrogens is 1590 g/mol. The molecule has 0 aromatic carbocycles. The molecular formula is Mo16NaO2. The van der Waals surface area contributed by atoms with E-state index in [0.29, 0.717) is 0 Å². The van der Waals surface area contributed by atoms with Crippen molar-refractivity contribution >= 4 is 0 Å². The van der Waals surface area contributed by atoms with Crippen LogP contribution in [0.3, 0.4) is 0 Å². The van der Waals surface area contributed by atoms with E-state index in [1.54, 1.807) is 0 Å². The molecule has 0 heterocycles. The number of hydrogen-bond acceptors (Lipinski definition) is 2. The summed E-state index contributed by atoms with van der Waals surface area (Å²) in [5, 5.41) is 0. The Morgan fingerprint density at radius 1 is 0.526 bits per heavy atom. The maximum absolute atomic E-state index is 8.50. The Morgan fingerprint density at radius 2 is 0.526 bits per heavy atom. The zero-order chi connectivity index (χ0) is 4.71. The Bertz CT molecular complexity index is 28.7. The summed E-state index contributed by atoms with van der Waals surface area (Å²) in [5.74, 6) is 0. The molecule has 0 amide bonds. The van der Waals surface area contributed by atoms with E-state index in [-0.39, 0.29) is 303 Å². The van der Waals surface area contributed by atoms with Crippen molar-refractivity contribution in [2.75, 3.05) is 0 Å². The van der Waals surface area contributed by atoms with Gasteiger partial charge in [0.05, 0.1) is 0 Å². The molecule has 0 saturated heterocycles. The third-order valence-electron chi connectivity index (χ3n) is 0. The van der Waals surface area contributed by atoms with E-state index in [4.69, 9.17) is 7.16 Å². The van der Waals surface area contributed by atoms with Crippen molar-refractivity contribution in [1.29, 1.82) is 0 Å². The fraction of sp³-hybridized carbons (Fsp3) is 0. The van der Waals surface area contributed by atoms with Gasteiger partial charge in [0.15, 0.2) is 0 Å². The van der Waals surface area contributed by atoms with Crippen LogP contribution in [0.5, 0.6) is 0 Å². The van der Waals surface area contributed by atoms with Gasteiger partial charge in [-0.25, -0.2) is 0 Å². The molecule has 0 N–H and O–H groups in total.